The number of aliphatic carboxylic acids is 1. The van der Waals surface area contributed by atoms with Crippen LogP contribution in [0.15, 0.2) is 0 Å². The highest BCUT2D eigenvalue weighted by Gasteiger charge is 2.31. The molecule has 0 heterocycles. The number of rotatable bonds is 5. The lowest BCUT2D eigenvalue weighted by atomic mass is 10.2. The Hall–Kier alpha value is -1.61. The van der Waals surface area contributed by atoms with E-state index in [2.05, 4.69) is 0 Å². The van der Waals surface area contributed by atoms with Crippen molar-refractivity contribution in [3.63, 3.8) is 0 Å². The Kier molecular flexibility index (Phi) is 8.81. The van der Waals surface area contributed by atoms with Crippen molar-refractivity contribution in [2.45, 2.75) is 38.0 Å². The lowest BCUT2D eigenvalue weighted by Crippen LogP contribution is -2.11. The molecule has 0 saturated heterocycles. The van der Waals surface area contributed by atoms with Crippen LogP contribution in [-0.2, 0) is 14.4 Å². The van der Waals surface area contributed by atoms with Gasteiger partial charge in [-0.3, -0.25) is 4.79 Å². The first-order valence-electron chi connectivity index (χ1n) is 4.72. The topological polar surface area (TPSA) is 71.4 Å². The molecule has 0 rings (SSSR count). The molecule has 0 bridgehead atoms. The molecule has 0 atom stereocenters. The highest BCUT2D eigenvalue weighted by atomic mass is 19.4. The van der Waals surface area contributed by atoms with Crippen LogP contribution < -0.4 is 0 Å². The maximum Gasteiger partial charge on any atom is 0.389 e. The number of halogens is 6. The monoisotopic (exact) mass is 296 g/mol. The van der Waals surface area contributed by atoms with Gasteiger partial charge in [-0.15, -0.1) is 0 Å². The van der Waals surface area contributed by atoms with E-state index in [1.54, 1.807) is 0 Å². The molecule has 0 aromatic heterocycles. The van der Waals surface area contributed by atoms with E-state index in [0.717, 1.165) is 0 Å². The van der Waals surface area contributed by atoms with Crippen molar-refractivity contribution < 1.29 is 45.8 Å². The molecule has 0 aromatic carbocycles. The largest absolute Gasteiger partial charge is 0.475 e. The van der Waals surface area contributed by atoms with E-state index in [4.69, 9.17) is 5.11 Å². The quantitative estimate of drug-likeness (QED) is 0.366. The zero-order valence-electron chi connectivity index (χ0n) is 9.35. The van der Waals surface area contributed by atoms with Crippen LogP contribution in [0, 0.1) is 0 Å². The van der Waals surface area contributed by atoms with E-state index in [0.29, 0.717) is 0 Å². The van der Waals surface area contributed by atoms with Gasteiger partial charge in [-0.25, -0.2) is 4.79 Å². The smallest absolute Gasteiger partial charge is 0.389 e. The summed E-state index contributed by atoms with van der Waals surface area (Å²) in [4.78, 5) is 28.9. The number of hydrogen-bond donors (Lipinski definition) is 1. The zero-order chi connectivity index (χ0) is 15.7. The van der Waals surface area contributed by atoms with Crippen molar-refractivity contribution >= 4 is 18.0 Å². The first-order chi connectivity index (χ1) is 8.39. The molecule has 0 radical (unpaired) electrons. The number of hydrogen-bond acceptors (Lipinski definition) is 3. The fourth-order valence-electron chi connectivity index (χ4n) is 0.652. The minimum Gasteiger partial charge on any atom is -0.475 e. The van der Waals surface area contributed by atoms with Gasteiger partial charge in [0, 0.05) is 12.8 Å². The summed E-state index contributed by atoms with van der Waals surface area (Å²) >= 11 is 0. The number of carboxylic acid groups (broad SMARTS) is 1. The van der Waals surface area contributed by atoms with Crippen LogP contribution in [0.4, 0.5) is 26.3 Å². The summed E-state index contributed by atoms with van der Waals surface area (Å²) in [5.74, 6) is -2.63. The molecule has 19 heavy (non-hydrogen) atoms. The fraction of sp³-hybridized carbons (Fsp3) is 0.667. The first kappa shape index (κ1) is 19.7. The molecular formula is C9H10F6O4. The predicted molar refractivity (Wildman–Crippen MR) is 49.3 cm³/mol. The Morgan fingerprint density at radius 3 is 1.47 bits per heavy atom. The van der Waals surface area contributed by atoms with Gasteiger partial charge in [0.2, 0.25) is 5.78 Å². The Morgan fingerprint density at radius 1 is 0.947 bits per heavy atom. The maximum atomic E-state index is 11.3. The Balaban J connectivity index is 0. The average Bonchev–Trinajstić information content (AvgIpc) is 2.14. The van der Waals surface area contributed by atoms with Crippen molar-refractivity contribution in [3.8, 4) is 0 Å². The summed E-state index contributed by atoms with van der Waals surface area (Å²) in [6.07, 6.45) is -12.9. The van der Waals surface area contributed by atoms with E-state index in [1.165, 1.54) is 0 Å². The average molecular weight is 296 g/mol. The molecule has 0 spiro atoms. The third-order valence-corrected chi connectivity index (χ3v) is 1.43. The number of Topliss-reactive ketones (excluding diaryl/α,β-unsaturated/α-hetero) is 1. The predicted octanol–water partition coefficient (Wildman–Crippen LogP) is 2.51. The van der Waals surface area contributed by atoms with Gasteiger partial charge < -0.3 is 9.90 Å². The van der Waals surface area contributed by atoms with Crippen molar-refractivity contribution in [1.82, 2.24) is 0 Å². The summed E-state index contributed by atoms with van der Waals surface area (Å²) in [7, 11) is 0. The van der Waals surface area contributed by atoms with Gasteiger partial charge in [0.1, 0.15) is 6.29 Å². The summed E-state index contributed by atoms with van der Waals surface area (Å²) in [5.41, 5.74) is 0. The van der Waals surface area contributed by atoms with Crippen LogP contribution in [0.5, 0.6) is 0 Å². The lowest BCUT2D eigenvalue weighted by molar-refractivity contribution is -0.157. The highest BCUT2D eigenvalue weighted by Crippen LogP contribution is 2.27. The Bertz CT molecular complexity index is 293. The van der Waals surface area contributed by atoms with E-state index in [1.807, 2.05) is 0 Å². The lowest BCUT2D eigenvalue weighted by Gasteiger charge is -2.07. The summed E-state index contributed by atoms with van der Waals surface area (Å²) in [6, 6.07) is 0. The van der Waals surface area contributed by atoms with Crippen LogP contribution in [0.2, 0.25) is 0 Å². The van der Waals surface area contributed by atoms with Gasteiger partial charge >= 0.3 is 18.3 Å². The van der Waals surface area contributed by atoms with Crippen molar-refractivity contribution in [2.24, 2.45) is 0 Å². The molecule has 4 nitrogen and oxygen atoms in total. The Labute approximate surface area is 103 Å². The molecule has 0 aromatic rings. The number of aldehydes is 1. The van der Waals surface area contributed by atoms with Crippen molar-refractivity contribution in [2.75, 3.05) is 0 Å². The summed E-state index contributed by atoms with van der Waals surface area (Å²) in [5, 5.41) is 7.80. The number of ketones is 1. The maximum absolute atomic E-state index is 11.3. The first-order valence-corrected chi connectivity index (χ1v) is 4.72. The second-order valence-electron chi connectivity index (χ2n) is 3.18. The van der Waals surface area contributed by atoms with E-state index in [9.17, 15) is 40.7 Å². The third kappa shape index (κ3) is 18.9. The molecule has 0 saturated carbocycles. The van der Waals surface area contributed by atoms with E-state index >= 15 is 0 Å². The van der Waals surface area contributed by atoms with Crippen LogP contribution in [0.1, 0.15) is 25.7 Å². The van der Waals surface area contributed by atoms with Crippen molar-refractivity contribution in [3.05, 3.63) is 0 Å². The third-order valence-electron chi connectivity index (χ3n) is 1.43. The summed E-state index contributed by atoms with van der Waals surface area (Å²) < 4.78 is 67.6. The molecule has 10 heteroatoms. The van der Waals surface area contributed by atoms with E-state index < -0.39 is 49.8 Å². The molecule has 112 valence electrons. The second-order valence-corrected chi connectivity index (χ2v) is 3.18. The van der Waals surface area contributed by atoms with Gasteiger partial charge in [0.05, 0.1) is 6.42 Å². The highest BCUT2D eigenvalue weighted by molar-refractivity contribution is 6.34. The number of carbonyl (C=O) groups is 3. The van der Waals surface area contributed by atoms with Crippen LogP contribution in [0.3, 0.4) is 0 Å². The molecule has 0 aliphatic heterocycles. The van der Waals surface area contributed by atoms with Gasteiger partial charge in [0.25, 0.3) is 0 Å². The number of carbonyl (C=O) groups excluding carboxylic acids is 2. The normalized spacial score (nSPS) is 11.3. The minimum absolute atomic E-state index is 0.260. The zero-order valence-corrected chi connectivity index (χ0v) is 9.35. The van der Waals surface area contributed by atoms with Crippen LogP contribution >= 0.6 is 0 Å². The van der Waals surface area contributed by atoms with Crippen LogP contribution in [-0.4, -0.2) is 35.5 Å². The standard InChI is InChI=1S/C5H6F6.C4H4O4/c6-4(7,8)2-1-3-5(9,10)11;5-2-1-3(6)4(7)8/h1-3H2;2H,1H2,(H,7,8). The SMILES string of the molecule is FC(F)(F)CCCC(F)(F)F.O=CCC(=O)C(=O)O. The molecule has 0 fully saturated rings. The number of alkyl halides is 6. The van der Waals surface area contributed by atoms with Crippen LogP contribution in [0.25, 0.3) is 0 Å². The molecule has 1 N–H and O–H groups in total. The van der Waals surface area contributed by atoms with Gasteiger partial charge in [-0.2, -0.15) is 26.3 Å². The minimum atomic E-state index is -4.48. The van der Waals surface area contributed by atoms with Gasteiger partial charge in [-0.1, -0.05) is 0 Å². The van der Waals surface area contributed by atoms with Gasteiger partial charge in [0.15, 0.2) is 0 Å². The van der Waals surface area contributed by atoms with Gasteiger partial charge in [-0.05, 0) is 6.42 Å². The summed E-state index contributed by atoms with van der Waals surface area (Å²) in [6.45, 7) is 0. The van der Waals surface area contributed by atoms with Crippen molar-refractivity contribution in [1.29, 1.82) is 0 Å². The second kappa shape index (κ2) is 8.48. The molecule has 0 aliphatic carbocycles. The molecular weight excluding hydrogens is 286 g/mol. The fourth-order valence-corrected chi connectivity index (χ4v) is 0.652. The van der Waals surface area contributed by atoms with E-state index in [-0.39, 0.29) is 6.29 Å². The Morgan fingerprint density at radius 2 is 1.32 bits per heavy atom. The number of carboxylic acids is 1. The molecule has 0 amide bonds. The molecule has 0 aliphatic rings. The molecule has 0 unspecified atom stereocenters.